The number of esters is 1. The molecule has 0 spiro atoms. The maximum Gasteiger partial charge on any atom is 0.347 e. The molecule has 0 bridgehead atoms. The van der Waals surface area contributed by atoms with Gasteiger partial charge in [0.25, 0.3) is 10.1 Å². The lowest BCUT2D eigenvalue weighted by Crippen LogP contribution is -2.39. The monoisotopic (exact) mass is 1270 g/mol. The summed E-state index contributed by atoms with van der Waals surface area (Å²) in [6, 6.07) is 48.7. The van der Waals surface area contributed by atoms with Crippen molar-refractivity contribution in [1.29, 1.82) is 0 Å². The van der Waals surface area contributed by atoms with Gasteiger partial charge in [0.15, 0.2) is 5.82 Å². The number of nitrogens with zero attached hydrogens (tertiary/aromatic N) is 4. The molecule has 462 valence electrons. The van der Waals surface area contributed by atoms with Gasteiger partial charge in [-0.1, -0.05) is 102 Å². The first-order valence-electron chi connectivity index (χ1n) is 29.1. The maximum atomic E-state index is 14.1. The van der Waals surface area contributed by atoms with E-state index in [0.29, 0.717) is 61.4 Å². The van der Waals surface area contributed by atoms with Gasteiger partial charge < -0.3 is 43.0 Å². The third-order valence-corrected chi connectivity index (χ3v) is 18.4. The topological polar surface area (TPSA) is 206 Å². The standard InChI is InChI=1S/C70H65ClN4O13S2/c1-7-83-69(77)61(38-46-37-51(76)25-33-58(46)84-39-50-35-36-72-66(75-50)57-15-11-12-16-59(57)82-6)88-67-63-62(65(45-19-20-45)89-68(63)74-42-73-67)56-32-34-60(64(71)44(56)3)87-54(41-86-90(78,79)55-30-17-43(2)18-31-55)40-85-70(47-13-9-8-10-14-47,48-21-26-52(80-4)27-22-48)49-23-28-53(81-5)29-24-49/h8-18,21-37,42,45,54,61,76H,7,19-20,38-41H2,1-6H3/t54-,61-/m1/s1. The lowest BCUT2D eigenvalue weighted by molar-refractivity contribution is -0.151. The minimum atomic E-state index is -4.31. The zero-order chi connectivity index (χ0) is 62.9. The SMILES string of the molecule is CCOC(=O)[C@@H](Cc1cc(O)ccc1OCc1ccnc(-c2ccccc2OC)n1)Oc1ncnc2sc(C3CC3)c(-c3ccc(O[C@H](COC(c4ccccc4)(c4ccc(OC)cc4)c4ccc(OC)cc4)COS(=O)(=O)c4ccc(C)cc4)c(Cl)c3C)c12. The number of ether oxygens (including phenoxy) is 8. The Hall–Kier alpha value is -9.11. The number of carbonyl (C=O) groups excluding carboxylic acids is 1. The lowest BCUT2D eigenvalue weighted by atomic mass is 9.80. The Morgan fingerprint density at radius 3 is 2.08 bits per heavy atom. The van der Waals surface area contributed by atoms with E-state index in [4.69, 9.17) is 63.6 Å². The number of halogens is 1. The van der Waals surface area contributed by atoms with Gasteiger partial charge in [-0.25, -0.2) is 24.7 Å². The van der Waals surface area contributed by atoms with Crippen molar-refractivity contribution in [2.75, 3.05) is 41.2 Å². The Kier molecular flexibility index (Phi) is 19.3. The number of aryl methyl sites for hydroxylation is 1. The fraction of sp³-hybridized carbons (Fsp3) is 0.243. The molecule has 3 heterocycles. The molecule has 1 aliphatic carbocycles. The first-order chi connectivity index (χ1) is 43.7. The van der Waals surface area contributed by atoms with Crippen molar-refractivity contribution in [3.63, 3.8) is 0 Å². The van der Waals surface area contributed by atoms with Gasteiger partial charge in [0.05, 0.1) is 61.1 Å². The molecule has 0 amide bonds. The van der Waals surface area contributed by atoms with Crippen molar-refractivity contribution in [2.45, 2.75) is 75.3 Å². The number of benzene rings is 7. The molecule has 3 aromatic heterocycles. The number of methoxy groups -OCH3 is 3. The van der Waals surface area contributed by atoms with Crippen molar-refractivity contribution in [3.05, 3.63) is 225 Å². The summed E-state index contributed by atoms with van der Waals surface area (Å²) in [6.45, 7) is 4.83. The Labute approximate surface area is 531 Å². The molecule has 1 N–H and O–H groups in total. The quantitative estimate of drug-likeness (QED) is 0.0289. The molecule has 90 heavy (non-hydrogen) atoms. The Morgan fingerprint density at radius 1 is 0.722 bits per heavy atom. The smallest absolute Gasteiger partial charge is 0.347 e. The van der Waals surface area contributed by atoms with Gasteiger partial charge in [-0.15, -0.1) is 11.3 Å². The summed E-state index contributed by atoms with van der Waals surface area (Å²) in [4.78, 5) is 34.4. The number of para-hydroxylation sites is 1. The van der Waals surface area contributed by atoms with Crippen LogP contribution in [0, 0.1) is 13.8 Å². The first kappa shape index (κ1) is 62.5. The number of phenolic OH excluding ortho intramolecular Hbond substituents is 1. The van der Waals surface area contributed by atoms with Crippen molar-refractivity contribution in [3.8, 4) is 62.9 Å². The van der Waals surface area contributed by atoms with Crippen LogP contribution in [0.3, 0.4) is 0 Å². The lowest BCUT2D eigenvalue weighted by Gasteiger charge is -2.37. The second-order valence-electron chi connectivity index (χ2n) is 21.3. The maximum absolute atomic E-state index is 14.1. The van der Waals surface area contributed by atoms with Crippen molar-refractivity contribution >= 4 is 49.2 Å². The largest absolute Gasteiger partial charge is 0.508 e. The minimum Gasteiger partial charge on any atom is -0.508 e. The highest BCUT2D eigenvalue weighted by molar-refractivity contribution is 7.86. The number of phenols is 1. The van der Waals surface area contributed by atoms with Crippen LogP contribution in [-0.4, -0.2) is 92.8 Å². The molecule has 1 aliphatic rings. The predicted molar refractivity (Wildman–Crippen MR) is 343 cm³/mol. The molecule has 0 aliphatic heterocycles. The summed E-state index contributed by atoms with van der Waals surface area (Å²) in [5, 5.41) is 11.7. The van der Waals surface area contributed by atoms with Crippen LogP contribution in [0.15, 0.2) is 181 Å². The van der Waals surface area contributed by atoms with E-state index in [-0.39, 0.29) is 59.5 Å². The van der Waals surface area contributed by atoms with Crippen LogP contribution in [0.2, 0.25) is 5.02 Å². The second-order valence-corrected chi connectivity index (χ2v) is 24.4. The van der Waals surface area contributed by atoms with Gasteiger partial charge >= 0.3 is 5.97 Å². The number of aromatic nitrogens is 4. The average Bonchev–Trinajstić information content (AvgIpc) is 1.23. The number of fused-ring (bicyclic) bond motifs is 1. The van der Waals surface area contributed by atoms with E-state index in [1.165, 1.54) is 41.9 Å². The molecule has 0 unspecified atom stereocenters. The van der Waals surface area contributed by atoms with E-state index in [2.05, 4.69) is 9.97 Å². The van der Waals surface area contributed by atoms with Gasteiger partial charge in [-0.05, 0) is 146 Å². The molecule has 2 atom stereocenters. The van der Waals surface area contributed by atoms with Crippen LogP contribution in [0.1, 0.15) is 69.6 Å². The third kappa shape index (κ3) is 13.7. The summed E-state index contributed by atoms with van der Waals surface area (Å²) in [5.41, 5.74) is 5.69. The number of rotatable bonds is 27. The second kappa shape index (κ2) is 27.7. The summed E-state index contributed by atoms with van der Waals surface area (Å²) >= 11 is 9.02. The molecule has 0 radical (unpaired) electrons. The van der Waals surface area contributed by atoms with Crippen LogP contribution in [0.5, 0.6) is 40.4 Å². The van der Waals surface area contributed by atoms with E-state index in [1.54, 1.807) is 64.8 Å². The number of thiophene rings is 1. The molecule has 1 fully saturated rings. The van der Waals surface area contributed by atoms with E-state index < -0.39 is 40.5 Å². The summed E-state index contributed by atoms with van der Waals surface area (Å²) in [6.07, 6.45) is 2.43. The van der Waals surface area contributed by atoms with Crippen LogP contribution >= 0.6 is 22.9 Å². The van der Waals surface area contributed by atoms with E-state index in [9.17, 15) is 18.3 Å². The van der Waals surface area contributed by atoms with Gasteiger partial charge in [0.2, 0.25) is 12.0 Å². The molecular formula is C70H65ClN4O13S2. The van der Waals surface area contributed by atoms with Gasteiger partial charge in [0, 0.05) is 28.6 Å². The van der Waals surface area contributed by atoms with Gasteiger partial charge in [0.1, 0.15) is 70.6 Å². The number of carbonyl (C=O) groups is 1. The summed E-state index contributed by atoms with van der Waals surface area (Å²) in [7, 11) is 0.469. The van der Waals surface area contributed by atoms with E-state index in [1.807, 2.05) is 123 Å². The number of hydrogen-bond donors (Lipinski definition) is 1. The Balaban J connectivity index is 0.932. The van der Waals surface area contributed by atoms with Crippen molar-refractivity contribution in [2.24, 2.45) is 0 Å². The average molecular weight is 1270 g/mol. The fourth-order valence-electron chi connectivity index (χ4n) is 10.7. The van der Waals surface area contributed by atoms with Crippen LogP contribution in [0.25, 0.3) is 32.7 Å². The van der Waals surface area contributed by atoms with E-state index >= 15 is 0 Å². The normalized spacial score (nSPS) is 13.1. The van der Waals surface area contributed by atoms with Crippen LogP contribution in [0.4, 0.5) is 0 Å². The molecular weight excluding hydrogens is 1200 g/mol. The van der Waals surface area contributed by atoms with Crippen LogP contribution in [-0.2, 0) is 47.2 Å². The Morgan fingerprint density at radius 2 is 1.40 bits per heavy atom. The summed E-state index contributed by atoms with van der Waals surface area (Å²) < 4.78 is 83.4. The fourth-order valence-corrected chi connectivity index (χ4v) is 13.1. The van der Waals surface area contributed by atoms with Gasteiger partial charge in [-0.2, -0.15) is 8.42 Å². The highest BCUT2D eigenvalue weighted by Gasteiger charge is 2.40. The minimum absolute atomic E-state index is 0.0237. The van der Waals surface area contributed by atoms with Crippen LogP contribution < -0.4 is 28.4 Å². The molecule has 20 heteroatoms. The zero-order valence-electron chi connectivity index (χ0n) is 50.3. The highest BCUT2D eigenvalue weighted by atomic mass is 35.5. The zero-order valence-corrected chi connectivity index (χ0v) is 52.6. The number of aromatic hydroxyl groups is 1. The van der Waals surface area contributed by atoms with E-state index in [0.717, 1.165) is 51.1 Å². The highest BCUT2D eigenvalue weighted by Crippen LogP contribution is 2.54. The molecule has 11 rings (SSSR count). The molecule has 7 aromatic carbocycles. The molecule has 17 nitrogen and oxygen atoms in total. The molecule has 1 saturated carbocycles. The molecule has 0 saturated heterocycles. The van der Waals surface area contributed by atoms with Gasteiger partial charge in [-0.3, -0.25) is 4.18 Å². The van der Waals surface area contributed by atoms with Crippen molar-refractivity contribution in [1.82, 2.24) is 19.9 Å². The predicted octanol–water partition coefficient (Wildman–Crippen LogP) is 14.0. The summed E-state index contributed by atoms with van der Waals surface area (Å²) in [5.74, 6) is 2.54. The molecule has 10 aromatic rings. The Bertz CT molecular complexity index is 4220. The third-order valence-electron chi connectivity index (χ3n) is 15.4. The number of hydrogen-bond acceptors (Lipinski definition) is 18. The van der Waals surface area contributed by atoms with Crippen molar-refractivity contribution < 1.29 is 60.4 Å². The first-order valence-corrected chi connectivity index (χ1v) is 31.7.